The molecule has 0 amide bonds. The van der Waals surface area contributed by atoms with Crippen LogP contribution in [0, 0.1) is 0 Å². The van der Waals surface area contributed by atoms with Crippen LogP contribution < -0.4 is 10.1 Å². The molecule has 20 heavy (non-hydrogen) atoms. The Hall–Kier alpha value is -2.01. The van der Waals surface area contributed by atoms with Crippen LogP contribution in [0.5, 0.6) is 5.75 Å². The maximum absolute atomic E-state index is 12.3. The number of alkyl halides is 2. The van der Waals surface area contributed by atoms with Gasteiger partial charge >= 0.3 is 6.61 Å². The zero-order valence-electron chi connectivity index (χ0n) is 11.1. The minimum Gasteiger partial charge on any atom is -0.434 e. The van der Waals surface area contributed by atoms with Crippen LogP contribution in [-0.4, -0.2) is 11.6 Å². The van der Waals surface area contributed by atoms with E-state index in [0.29, 0.717) is 12.1 Å². The molecule has 0 aliphatic carbocycles. The quantitative estimate of drug-likeness (QED) is 0.877. The lowest BCUT2D eigenvalue weighted by atomic mass is 10.1. The first-order chi connectivity index (χ1) is 9.66. The van der Waals surface area contributed by atoms with Gasteiger partial charge in [-0.15, -0.1) is 0 Å². The number of ether oxygens (including phenoxy) is 1. The summed E-state index contributed by atoms with van der Waals surface area (Å²) < 4.78 is 29.1. The summed E-state index contributed by atoms with van der Waals surface area (Å²) in [5.41, 5.74) is 1.59. The summed E-state index contributed by atoms with van der Waals surface area (Å²) in [5.74, 6) is 0.197. The highest BCUT2D eigenvalue weighted by Gasteiger charge is 2.11. The van der Waals surface area contributed by atoms with E-state index in [0.717, 1.165) is 5.69 Å². The molecule has 0 aliphatic heterocycles. The third-order valence-corrected chi connectivity index (χ3v) is 2.92. The van der Waals surface area contributed by atoms with Crippen LogP contribution in [0.4, 0.5) is 8.78 Å². The first-order valence-corrected chi connectivity index (χ1v) is 6.34. The van der Waals surface area contributed by atoms with Crippen LogP contribution >= 0.6 is 0 Å². The molecule has 0 bridgehead atoms. The fourth-order valence-electron chi connectivity index (χ4n) is 1.86. The van der Waals surface area contributed by atoms with Crippen molar-refractivity contribution in [2.75, 3.05) is 0 Å². The molecule has 0 radical (unpaired) electrons. The molecule has 1 aromatic heterocycles. The molecule has 0 fully saturated rings. The molecule has 2 aromatic rings. The van der Waals surface area contributed by atoms with Crippen molar-refractivity contribution in [3.63, 3.8) is 0 Å². The highest BCUT2D eigenvalue weighted by molar-refractivity contribution is 5.33. The van der Waals surface area contributed by atoms with Crippen molar-refractivity contribution in [1.29, 1.82) is 0 Å². The zero-order valence-corrected chi connectivity index (χ0v) is 11.1. The summed E-state index contributed by atoms with van der Waals surface area (Å²) in [7, 11) is 0. The van der Waals surface area contributed by atoms with Gasteiger partial charge in [-0.3, -0.25) is 4.98 Å². The van der Waals surface area contributed by atoms with Gasteiger partial charge < -0.3 is 10.1 Å². The molecule has 0 aliphatic rings. The van der Waals surface area contributed by atoms with Crippen molar-refractivity contribution in [3.05, 3.63) is 59.9 Å². The van der Waals surface area contributed by atoms with Crippen LogP contribution in [0.1, 0.15) is 24.2 Å². The first kappa shape index (κ1) is 14.4. The van der Waals surface area contributed by atoms with Gasteiger partial charge in [-0.25, -0.2) is 0 Å². The number of hydrogen-bond donors (Lipinski definition) is 1. The summed E-state index contributed by atoms with van der Waals surface area (Å²) in [6.45, 7) is -0.413. The topological polar surface area (TPSA) is 34.1 Å². The second-order valence-electron chi connectivity index (χ2n) is 4.34. The Bertz CT molecular complexity index is 534. The lowest BCUT2D eigenvalue weighted by Crippen LogP contribution is -2.19. The third kappa shape index (κ3) is 3.99. The third-order valence-electron chi connectivity index (χ3n) is 2.92. The molecule has 2 rings (SSSR count). The van der Waals surface area contributed by atoms with Crippen LogP contribution in [0.3, 0.4) is 0 Å². The number of aromatic nitrogens is 1. The second kappa shape index (κ2) is 6.96. The number of para-hydroxylation sites is 1. The molecule has 1 N–H and O–H groups in total. The van der Waals surface area contributed by atoms with E-state index >= 15 is 0 Å². The average molecular weight is 278 g/mol. The summed E-state index contributed by atoms with van der Waals surface area (Å²) in [6, 6.07) is 12.5. The Labute approximate surface area is 116 Å². The fourth-order valence-corrected chi connectivity index (χ4v) is 1.86. The maximum Gasteiger partial charge on any atom is 0.387 e. The lowest BCUT2D eigenvalue weighted by molar-refractivity contribution is -0.0505. The SMILES string of the molecule is C[C@H](NCc1ccccc1OC(F)F)c1ccccn1. The van der Waals surface area contributed by atoms with Gasteiger partial charge in [-0.05, 0) is 25.1 Å². The van der Waals surface area contributed by atoms with E-state index in [4.69, 9.17) is 0 Å². The average Bonchev–Trinajstić information content (AvgIpc) is 2.46. The minimum absolute atomic E-state index is 0.0239. The number of hydrogen-bond acceptors (Lipinski definition) is 3. The molecule has 1 atom stereocenters. The maximum atomic E-state index is 12.3. The Morgan fingerprint density at radius 3 is 2.60 bits per heavy atom. The number of rotatable bonds is 6. The van der Waals surface area contributed by atoms with Gasteiger partial charge in [0.25, 0.3) is 0 Å². The molecule has 106 valence electrons. The largest absolute Gasteiger partial charge is 0.434 e. The molecule has 1 aromatic carbocycles. The molecule has 0 spiro atoms. The van der Waals surface area contributed by atoms with Gasteiger partial charge in [0.1, 0.15) is 5.75 Å². The smallest absolute Gasteiger partial charge is 0.387 e. The standard InChI is InChI=1S/C15H16F2N2O/c1-11(13-7-4-5-9-18-13)19-10-12-6-2-3-8-14(12)20-15(16)17/h2-9,11,15,19H,10H2,1H3/t11-/m0/s1. The molecule has 1 heterocycles. The molecule has 5 heteroatoms. The van der Waals surface area contributed by atoms with Gasteiger partial charge in [0.15, 0.2) is 0 Å². The molecule has 3 nitrogen and oxygen atoms in total. The van der Waals surface area contributed by atoms with E-state index in [1.807, 2.05) is 25.1 Å². The highest BCUT2D eigenvalue weighted by atomic mass is 19.3. The Morgan fingerprint density at radius 2 is 1.90 bits per heavy atom. The van der Waals surface area contributed by atoms with Crippen molar-refractivity contribution in [2.45, 2.75) is 26.1 Å². The number of nitrogens with zero attached hydrogens (tertiary/aromatic N) is 1. The van der Waals surface area contributed by atoms with E-state index in [1.54, 1.807) is 24.4 Å². The van der Waals surface area contributed by atoms with Crippen molar-refractivity contribution >= 4 is 0 Å². The highest BCUT2D eigenvalue weighted by Crippen LogP contribution is 2.21. The predicted octanol–water partition coefficient (Wildman–Crippen LogP) is 3.53. The van der Waals surface area contributed by atoms with Gasteiger partial charge in [0.2, 0.25) is 0 Å². The normalized spacial score (nSPS) is 12.4. The van der Waals surface area contributed by atoms with Crippen LogP contribution in [0.15, 0.2) is 48.7 Å². The number of benzene rings is 1. The minimum atomic E-state index is -2.82. The number of nitrogens with one attached hydrogen (secondary N) is 1. The Morgan fingerprint density at radius 1 is 1.15 bits per heavy atom. The van der Waals surface area contributed by atoms with Gasteiger partial charge in [-0.1, -0.05) is 24.3 Å². The second-order valence-corrected chi connectivity index (χ2v) is 4.34. The number of halogens is 2. The van der Waals surface area contributed by atoms with Crippen LogP contribution in [0.2, 0.25) is 0 Å². The van der Waals surface area contributed by atoms with E-state index in [1.165, 1.54) is 6.07 Å². The van der Waals surface area contributed by atoms with Crippen molar-refractivity contribution in [1.82, 2.24) is 10.3 Å². The summed E-state index contributed by atoms with van der Waals surface area (Å²) in [4.78, 5) is 4.25. The summed E-state index contributed by atoms with van der Waals surface area (Å²) in [6.07, 6.45) is 1.72. The lowest BCUT2D eigenvalue weighted by Gasteiger charge is -2.15. The van der Waals surface area contributed by atoms with Crippen molar-refractivity contribution in [3.8, 4) is 5.75 Å². The van der Waals surface area contributed by atoms with E-state index < -0.39 is 6.61 Å². The summed E-state index contributed by atoms with van der Waals surface area (Å²) in [5, 5.41) is 3.24. The molecule has 0 saturated heterocycles. The number of pyridine rings is 1. The van der Waals surface area contributed by atoms with Crippen molar-refractivity contribution < 1.29 is 13.5 Å². The van der Waals surface area contributed by atoms with Gasteiger partial charge in [0.05, 0.1) is 5.69 Å². The molecular formula is C15H16F2N2O. The Kier molecular flexibility index (Phi) is 5.01. The molecule has 0 unspecified atom stereocenters. The predicted molar refractivity (Wildman–Crippen MR) is 72.6 cm³/mol. The van der Waals surface area contributed by atoms with Crippen LogP contribution in [0.25, 0.3) is 0 Å². The van der Waals surface area contributed by atoms with Gasteiger partial charge in [0, 0.05) is 24.3 Å². The Balaban J connectivity index is 2.00. The van der Waals surface area contributed by atoms with E-state index in [2.05, 4.69) is 15.0 Å². The summed E-state index contributed by atoms with van der Waals surface area (Å²) >= 11 is 0. The van der Waals surface area contributed by atoms with Crippen molar-refractivity contribution in [2.24, 2.45) is 0 Å². The van der Waals surface area contributed by atoms with Gasteiger partial charge in [-0.2, -0.15) is 8.78 Å². The monoisotopic (exact) mass is 278 g/mol. The van der Waals surface area contributed by atoms with Crippen LogP contribution in [-0.2, 0) is 6.54 Å². The van der Waals surface area contributed by atoms with E-state index in [-0.39, 0.29) is 11.8 Å². The fraction of sp³-hybridized carbons (Fsp3) is 0.267. The molecule has 0 saturated carbocycles. The zero-order chi connectivity index (χ0) is 14.4. The molecular weight excluding hydrogens is 262 g/mol. The van der Waals surface area contributed by atoms with E-state index in [9.17, 15) is 8.78 Å². The first-order valence-electron chi connectivity index (χ1n) is 6.34.